The zero-order chi connectivity index (χ0) is 20.8. The van der Waals surface area contributed by atoms with E-state index in [0.29, 0.717) is 23.5 Å². The highest BCUT2D eigenvalue weighted by Crippen LogP contribution is 2.26. The van der Waals surface area contributed by atoms with Gasteiger partial charge in [0.15, 0.2) is 0 Å². The first-order chi connectivity index (χ1) is 14.0. The minimum atomic E-state index is -0.204. The van der Waals surface area contributed by atoms with Gasteiger partial charge in [0.1, 0.15) is 10.7 Å². The number of nitrogens with one attached hydrogen (secondary N) is 2. The summed E-state index contributed by atoms with van der Waals surface area (Å²) < 4.78 is 0. The van der Waals surface area contributed by atoms with Crippen molar-refractivity contribution in [2.45, 2.75) is 43.1 Å². The SMILES string of the molecule is Cc1sc2nc(CSC(C)C(=O)NCCCSc3ccccc3)[nH]c(=O)c2c1C. The normalized spacial score (nSPS) is 12.2. The second-order valence-corrected chi connectivity index (χ2v) is 10.4. The lowest BCUT2D eigenvalue weighted by Crippen LogP contribution is -2.32. The minimum Gasteiger partial charge on any atom is -0.355 e. The zero-order valence-corrected chi connectivity index (χ0v) is 19.2. The van der Waals surface area contributed by atoms with E-state index < -0.39 is 0 Å². The van der Waals surface area contributed by atoms with Gasteiger partial charge in [0.25, 0.3) is 5.56 Å². The number of hydrogen-bond acceptors (Lipinski definition) is 6. The lowest BCUT2D eigenvalue weighted by Gasteiger charge is -2.11. The molecule has 1 amide bonds. The summed E-state index contributed by atoms with van der Waals surface area (Å²) in [5.41, 5.74) is 0.900. The third kappa shape index (κ3) is 5.87. The fourth-order valence-electron chi connectivity index (χ4n) is 2.78. The number of carbonyl (C=O) groups is 1. The number of thioether (sulfide) groups is 2. The Labute approximate surface area is 183 Å². The van der Waals surface area contributed by atoms with Crippen LogP contribution in [0.25, 0.3) is 10.2 Å². The molecule has 0 saturated carbocycles. The Morgan fingerprint density at radius 1 is 1.28 bits per heavy atom. The van der Waals surface area contributed by atoms with E-state index in [-0.39, 0.29) is 16.7 Å². The van der Waals surface area contributed by atoms with Gasteiger partial charge in [-0.1, -0.05) is 18.2 Å². The molecule has 2 N–H and O–H groups in total. The molecule has 0 spiro atoms. The molecule has 8 heteroatoms. The summed E-state index contributed by atoms with van der Waals surface area (Å²) in [6.45, 7) is 6.50. The summed E-state index contributed by atoms with van der Waals surface area (Å²) in [6, 6.07) is 10.3. The molecule has 0 saturated heterocycles. The molecule has 0 aliphatic carbocycles. The van der Waals surface area contributed by atoms with Gasteiger partial charge in [0.05, 0.1) is 16.4 Å². The van der Waals surface area contributed by atoms with Crippen molar-refractivity contribution in [3.63, 3.8) is 0 Å². The van der Waals surface area contributed by atoms with E-state index in [0.717, 1.165) is 27.4 Å². The van der Waals surface area contributed by atoms with Crippen molar-refractivity contribution in [2.75, 3.05) is 12.3 Å². The third-order valence-corrected chi connectivity index (χ3v) is 7.91. The molecular formula is C21H25N3O2S3. The van der Waals surface area contributed by atoms with Crippen LogP contribution >= 0.6 is 34.9 Å². The molecule has 154 valence electrons. The van der Waals surface area contributed by atoms with E-state index in [2.05, 4.69) is 27.4 Å². The number of aryl methyl sites for hydroxylation is 2. The number of aromatic amines is 1. The standard InChI is InChI=1S/C21H25N3O2S3/c1-13-14(2)29-21-18(13)20(26)23-17(24-21)12-28-15(3)19(25)22-10-7-11-27-16-8-5-4-6-9-16/h4-6,8-9,15H,7,10-12H2,1-3H3,(H,22,25)(H,23,24,26). The molecule has 0 aliphatic rings. The second-order valence-electron chi connectivity index (χ2n) is 6.74. The number of nitrogens with zero attached hydrogens (tertiary/aromatic N) is 1. The number of rotatable bonds is 9. The molecule has 5 nitrogen and oxygen atoms in total. The molecular weight excluding hydrogens is 422 g/mol. The Balaban J connectivity index is 1.43. The molecule has 3 aromatic rings. The highest BCUT2D eigenvalue weighted by Gasteiger charge is 2.15. The number of amides is 1. The minimum absolute atomic E-state index is 0.0194. The molecule has 0 bridgehead atoms. The molecule has 3 rings (SSSR count). The molecule has 1 unspecified atom stereocenters. The summed E-state index contributed by atoms with van der Waals surface area (Å²) in [5.74, 6) is 2.11. The average molecular weight is 448 g/mol. The summed E-state index contributed by atoms with van der Waals surface area (Å²) in [7, 11) is 0. The Morgan fingerprint density at radius 2 is 2.03 bits per heavy atom. The van der Waals surface area contributed by atoms with Crippen LogP contribution in [-0.2, 0) is 10.5 Å². The monoisotopic (exact) mass is 447 g/mol. The van der Waals surface area contributed by atoms with E-state index in [1.54, 1.807) is 23.1 Å². The van der Waals surface area contributed by atoms with Crippen molar-refractivity contribution < 1.29 is 4.79 Å². The number of hydrogen-bond donors (Lipinski definition) is 2. The van der Waals surface area contributed by atoms with Crippen LogP contribution in [0.1, 0.15) is 29.6 Å². The maximum Gasteiger partial charge on any atom is 0.259 e. The molecule has 1 aromatic carbocycles. The van der Waals surface area contributed by atoms with E-state index in [9.17, 15) is 9.59 Å². The third-order valence-electron chi connectivity index (χ3n) is 4.56. The van der Waals surface area contributed by atoms with Gasteiger partial charge < -0.3 is 10.3 Å². The predicted octanol–water partition coefficient (Wildman–Crippen LogP) is 4.52. The number of aromatic nitrogens is 2. The number of H-pyrrole nitrogens is 1. The van der Waals surface area contributed by atoms with Crippen LogP contribution in [0.3, 0.4) is 0 Å². The Bertz CT molecular complexity index is 1030. The van der Waals surface area contributed by atoms with Crippen molar-refractivity contribution in [2.24, 2.45) is 0 Å². The van der Waals surface area contributed by atoms with Crippen LogP contribution in [0.4, 0.5) is 0 Å². The second kappa shape index (κ2) is 10.3. The molecule has 2 aromatic heterocycles. The van der Waals surface area contributed by atoms with Gasteiger partial charge in [0.2, 0.25) is 5.91 Å². The molecule has 29 heavy (non-hydrogen) atoms. The van der Waals surface area contributed by atoms with Crippen molar-refractivity contribution in [1.29, 1.82) is 0 Å². The highest BCUT2D eigenvalue weighted by atomic mass is 32.2. The first kappa shape index (κ1) is 21.9. The smallest absolute Gasteiger partial charge is 0.259 e. The average Bonchev–Trinajstić information content (AvgIpc) is 3.00. The van der Waals surface area contributed by atoms with Crippen LogP contribution in [0.15, 0.2) is 40.0 Å². The van der Waals surface area contributed by atoms with Crippen LogP contribution in [0.5, 0.6) is 0 Å². The largest absolute Gasteiger partial charge is 0.355 e. The maximum absolute atomic E-state index is 12.3. The van der Waals surface area contributed by atoms with Crippen molar-refractivity contribution in [3.05, 3.63) is 57.0 Å². The Morgan fingerprint density at radius 3 is 2.79 bits per heavy atom. The van der Waals surface area contributed by atoms with Crippen LogP contribution in [0, 0.1) is 13.8 Å². The van der Waals surface area contributed by atoms with E-state index in [1.165, 1.54) is 16.7 Å². The molecule has 0 fully saturated rings. The van der Waals surface area contributed by atoms with Gasteiger partial charge in [0, 0.05) is 16.3 Å². The summed E-state index contributed by atoms with van der Waals surface area (Å²) >= 11 is 4.82. The summed E-state index contributed by atoms with van der Waals surface area (Å²) in [6.07, 6.45) is 0.922. The lowest BCUT2D eigenvalue weighted by molar-refractivity contribution is -0.120. The number of thiophene rings is 1. The number of benzene rings is 1. The van der Waals surface area contributed by atoms with Crippen molar-refractivity contribution in [3.8, 4) is 0 Å². The lowest BCUT2D eigenvalue weighted by atomic mass is 10.2. The topological polar surface area (TPSA) is 74.8 Å². The zero-order valence-electron chi connectivity index (χ0n) is 16.8. The fraction of sp³-hybridized carbons (Fsp3) is 0.381. The van der Waals surface area contributed by atoms with Crippen LogP contribution < -0.4 is 10.9 Å². The van der Waals surface area contributed by atoms with Gasteiger partial charge in [-0.2, -0.15) is 0 Å². The van der Waals surface area contributed by atoms with E-state index in [4.69, 9.17) is 0 Å². The maximum atomic E-state index is 12.3. The van der Waals surface area contributed by atoms with E-state index >= 15 is 0 Å². The van der Waals surface area contributed by atoms with Crippen LogP contribution in [0.2, 0.25) is 0 Å². The summed E-state index contributed by atoms with van der Waals surface area (Å²) in [5, 5.41) is 3.47. The summed E-state index contributed by atoms with van der Waals surface area (Å²) in [4.78, 5) is 35.2. The predicted molar refractivity (Wildman–Crippen MR) is 125 cm³/mol. The number of carbonyl (C=O) groups excluding carboxylic acids is 1. The van der Waals surface area contributed by atoms with Gasteiger partial charge >= 0.3 is 0 Å². The molecule has 2 heterocycles. The quantitative estimate of drug-likeness (QED) is 0.373. The van der Waals surface area contributed by atoms with Gasteiger partial charge in [-0.05, 0) is 50.6 Å². The first-order valence-electron chi connectivity index (χ1n) is 9.51. The van der Waals surface area contributed by atoms with Gasteiger partial charge in [-0.25, -0.2) is 4.98 Å². The Hall–Kier alpha value is -1.77. The highest BCUT2D eigenvalue weighted by molar-refractivity contribution is 7.99. The number of fused-ring (bicyclic) bond motifs is 1. The molecule has 0 aliphatic heterocycles. The van der Waals surface area contributed by atoms with Gasteiger partial charge in [-0.3, -0.25) is 9.59 Å². The molecule has 0 radical (unpaired) electrons. The molecule has 1 atom stereocenters. The van der Waals surface area contributed by atoms with Crippen molar-refractivity contribution >= 4 is 51.0 Å². The Kier molecular flexibility index (Phi) is 7.80. The van der Waals surface area contributed by atoms with Gasteiger partial charge in [-0.15, -0.1) is 34.9 Å². The van der Waals surface area contributed by atoms with Crippen molar-refractivity contribution in [1.82, 2.24) is 15.3 Å². The van der Waals surface area contributed by atoms with E-state index in [1.807, 2.05) is 39.0 Å². The van der Waals surface area contributed by atoms with Crippen LogP contribution in [-0.4, -0.2) is 33.4 Å². The fourth-order valence-corrected chi connectivity index (χ4v) is 5.48. The first-order valence-corrected chi connectivity index (χ1v) is 12.4.